The van der Waals surface area contributed by atoms with Gasteiger partial charge >= 0.3 is 5.97 Å². The average molecular weight is 320 g/mol. The van der Waals surface area contributed by atoms with Gasteiger partial charge in [-0.1, -0.05) is 11.6 Å². The number of halogens is 1. The molecular weight excluding hydrogens is 306 g/mol. The number of rotatable bonds is 3. The average Bonchev–Trinajstić information content (AvgIpc) is 2.81. The van der Waals surface area contributed by atoms with Crippen LogP contribution in [0, 0.1) is 0 Å². The topological polar surface area (TPSA) is 83.9 Å². The predicted octanol–water partition coefficient (Wildman–Crippen LogP) is 0.637. The number of nitrogens with zero attached hydrogens (tertiary/aromatic N) is 1. The molecule has 0 spiro atoms. The monoisotopic (exact) mass is 319 g/mol. The molecular formula is C12H14ClNO5S. The number of hydrogen-bond acceptors (Lipinski definition) is 5. The van der Waals surface area contributed by atoms with Crippen molar-refractivity contribution in [2.75, 3.05) is 13.7 Å². The number of aliphatic hydroxyl groups excluding tert-OH is 1. The van der Waals surface area contributed by atoms with Crippen LogP contribution in [0.2, 0.25) is 5.02 Å². The fourth-order valence-electron chi connectivity index (χ4n) is 2.14. The van der Waals surface area contributed by atoms with Gasteiger partial charge in [-0.05, 0) is 24.3 Å². The van der Waals surface area contributed by atoms with Crippen LogP contribution in [0.3, 0.4) is 0 Å². The van der Waals surface area contributed by atoms with E-state index >= 15 is 0 Å². The van der Waals surface area contributed by atoms with E-state index in [0.717, 1.165) is 4.31 Å². The molecule has 1 saturated heterocycles. The van der Waals surface area contributed by atoms with Gasteiger partial charge in [-0.3, -0.25) is 4.79 Å². The smallest absolute Gasteiger partial charge is 0.324 e. The Morgan fingerprint density at radius 1 is 1.40 bits per heavy atom. The Morgan fingerprint density at radius 2 is 2.00 bits per heavy atom. The minimum Gasteiger partial charge on any atom is -0.468 e. The Hall–Kier alpha value is -1.15. The summed E-state index contributed by atoms with van der Waals surface area (Å²) in [6.45, 7) is -0.134. The Bertz CT molecular complexity index is 601. The van der Waals surface area contributed by atoms with Crippen molar-refractivity contribution in [2.45, 2.75) is 23.5 Å². The first-order chi connectivity index (χ1) is 9.36. The number of β-amino-alcohol motifs (C(OH)–C–C–N with tert-alkyl or cyclic N) is 1. The quantitative estimate of drug-likeness (QED) is 0.826. The molecule has 1 aromatic carbocycles. The number of ether oxygens (including phenoxy) is 1. The molecule has 8 heteroatoms. The third-order valence-corrected chi connectivity index (χ3v) is 5.27. The van der Waals surface area contributed by atoms with E-state index in [-0.39, 0.29) is 17.9 Å². The molecule has 1 fully saturated rings. The molecule has 0 saturated carbocycles. The van der Waals surface area contributed by atoms with E-state index in [1.165, 1.54) is 31.4 Å². The van der Waals surface area contributed by atoms with Gasteiger partial charge in [0.15, 0.2) is 0 Å². The van der Waals surface area contributed by atoms with Gasteiger partial charge in [0.25, 0.3) is 0 Å². The standard InChI is InChI=1S/C12H14ClNO5S/c1-19-12(16)11-6-9(15)7-14(11)20(17,18)10-4-2-8(13)3-5-10/h2-5,9,11,15H,6-7H2,1H3. The van der Waals surface area contributed by atoms with Crippen LogP contribution in [-0.2, 0) is 19.6 Å². The van der Waals surface area contributed by atoms with Crippen molar-refractivity contribution in [1.29, 1.82) is 0 Å². The third kappa shape index (κ3) is 2.80. The van der Waals surface area contributed by atoms with Crippen molar-refractivity contribution in [1.82, 2.24) is 4.31 Å². The molecule has 2 unspecified atom stereocenters. The highest BCUT2D eigenvalue weighted by Gasteiger charge is 2.44. The van der Waals surface area contributed by atoms with Gasteiger partial charge in [0, 0.05) is 18.0 Å². The second-order valence-electron chi connectivity index (χ2n) is 4.46. The molecule has 1 aromatic rings. The van der Waals surface area contributed by atoms with Gasteiger partial charge in [0.2, 0.25) is 10.0 Å². The predicted molar refractivity (Wildman–Crippen MR) is 71.8 cm³/mol. The molecule has 0 bridgehead atoms. The van der Waals surface area contributed by atoms with Crippen molar-refractivity contribution in [3.63, 3.8) is 0 Å². The molecule has 2 atom stereocenters. The number of carbonyl (C=O) groups excluding carboxylic acids is 1. The summed E-state index contributed by atoms with van der Waals surface area (Å²) in [5, 5.41) is 10.0. The zero-order valence-electron chi connectivity index (χ0n) is 10.7. The van der Waals surface area contributed by atoms with Crippen LogP contribution < -0.4 is 0 Å². The molecule has 0 amide bonds. The summed E-state index contributed by atoms with van der Waals surface area (Å²) in [6.07, 6.45) is -0.861. The van der Waals surface area contributed by atoms with Gasteiger partial charge in [0.1, 0.15) is 6.04 Å². The zero-order chi connectivity index (χ0) is 14.9. The minimum atomic E-state index is -3.88. The van der Waals surface area contributed by atoms with Crippen LogP contribution in [0.1, 0.15) is 6.42 Å². The maximum absolute atomic E-state index is 12.5. The number of sulfonamides is 1. The Morgan fingerprint density at radius 3 is 2.55 bits per heavy atom. The van der Waals surface area contributed by atoms with E-state index in [2.05, 4.69) is 4.74 Å². The van der Waals surface area contributed by atoms with Crippen LogP contribution in [0.25, 0.3) is 0 Å². The van der Waals surface area contributed by atoms with Crippen LogP contribution in [0.15, 0.2) is 29.2 Å². The van der Waals surface area contributed by atoms with Crippen molar-refractivity contribution < 1.29 is 23.1 Å². The summed E-state index contributed by atoms with van der Waals surface area (Å²) in [6, 6.07) is 4.62. The van der Waals surface area contributed by atoms with Crippen molar-refractivity contribution in [2.24, 2.45) is 0 Å². The number of benzene rings is 1. The highest BCUT2D eigenvalue weighted by molar-refractivity contribution is 7.89. The van der Waals surface area contributed by atoms with E-state index in [9.17, 15) is 18.3 Å². The third-order valence-electron chi connectivity index (χ3n) is 3.13. The van der Waals surface area contributed by atoms with E-state index in [4.69, 9.17) is 11.6 Å². The summed E-state index contributed by atoms with van der Waals surface area (Å²) in [7, 11) is -2.70. The summed E-state index contributed by atoms with van der Waals surface area (Å²) in [5.74, 6) is -0.681. The van der Waals surface area contributed by atoms with E-state index in [1.54, 1.807) is 0 Å². The maximum Gasteiger partial charge on any atom is 0.324 e. The molecule has 1 aliphatic heterocycles. The molecule has 0 aliphatic carbocycles. The molecule has 1 heterocycles. The van der Waals surface area contributed by atoms with Gasteiger partial charge in [0.05, 0.1) is 18.1 Å². The first kappa shape index (κ1) is 15.2. The van der Waals surface area contributed by atoms with Crippen LogP contribution in [-0.4, -0.2) is 49.6 Å². The summed E-state index contributed by atoms with van der Waals surface area (Å²) in [4.78, 5) is 11.7. The number of hydrogen-bond donors (Lipinski definition) is 1. The number of methoxy groups -OCH3 is 1. The normalized spacial score (nSPS) is 23.8. The van der Waals surface area contributed by atoms with Gasteiger partial charge < -0.3 is 9.84 Å². The molecule has 1 aliphatic rings. The molecule has 110 valence electrons. The van der Waals surface area contributed by atoms with Crippen LogP contribution in [0.4, 0.5) is 0 Å². The Balaban J connectivity index is 2.37. The molecule has 20 heavy (non-hydrogen) atoms. The molecule has 2 rings (SSSR count). The number of aliphatic hydroxyl groups is 1. The van der Waals surface area contributed by atoms with E-state index in [1.807, 2.05) is 0 Å². The number of esters is 1. The molecule has 0 radical (unpaired) electrons. The molecule has 1 N–H and O–H groups in total. The fourth-order valence-corrected chi connectivity index (χ4v) is 3.89. The molecule has 0 aromatic heterocycles. The largest absolute Gasteiger partial charge is 0.468 e. The van der Waals surface area contributed by atoms with E-state index < -0.39 is 28.1 Å². The van der Waals surface area contributed by atoms with Gasteiger partial charge in [-0.2, -0.15) is 4.31 Å². The lowest BCUT2D eigenvalue weighted by Gasteiger charge is -2.21. The fraction of sp³-hybridized carbons (Fsp3) is 0.417. The van der Waals surface area contributed by atoms with Crippen LogP contribution >= 0.6 is 11.6 Å². The lowest BCUT2D eigenvalue weighted by molar-refractivity contribution is -0.144. The first-order valence-electron chi connectivity index (χ1n) is 5.89. The van der Waals surface area contributed by atoms with E-state index in [0.29, 0.717) is 5.02 Å². The van der Waals surface area contributed by atoms with Crippen LogP contribution in [0.5, 0.6) is 0 Å². The Labute approximate surface area is 122 Å². The number of carbonyl (C=O) groups is 1. The van der Waals surface area contributed by atoms with Crippen molar-refractivity contribution >= 4 is 27.6 Å². The highest BCUT2D eigenvalue weighted by Crippen LogP contribution is 2.27. The maximum atomic E-state index is 12.5. The first-order valence-corrected chi connectivity index (χ1v) is 7.71. The molecule has 6 nitrogen and oxygen atoms in total. The lowest BCUT2D eigenvalue weighted by Crippen LogP contribution is -2.41. The Kier molecular flexibility index (Phi) is 4.33. The summed E-state index contributed by atoms with van der Waals surface area (Å²) in [5.41, 5.74) is 0. The van der Waals surface area contributed by atoms with Crippen molar-refractivity contribution in [3.8, 4) is 0 Å². The van der Waals surface area contributed by atoms with Gasteiger partial charge in [-0.25, -0.2) is 8.42 Å². The lowest BCUT2D eigenvalue weighted by atomic mass is 10.2. The minimum absolute atomic E-state index is 0.0184. The summed E-state index contributed by atoms with van der Waals surface area (Å²) >= 11 is 5.72. The van der Waals surface area contributed by atoms with Crippen molar-refractivity contribution in [3.05, 3.63) is 29.3 Å². The summed E-state index contributed by atoms with van der Waals surface area (Å²) < 4.78 is 30.5. The highest BCUT2D eigenvalue weighted by atomic mass is 35.5. The second kappa shape index (κ2) is 5.69. The SMILES string of the molecule is COC(=O)C1CC(O)CN1S(=O)(=O)c1ccc(Cl)cc1. The zero-order valence-corrected chi connectivity index (χ0v) is 12.3. The van der Waals surface area contributed by atoms with Gasteiger partial charge in [-0.15, -0.1) is 0 Å². The second-order valence-corrected chi connectivity index (χ2v) is 6.78.